The maximum absolute atomic E-state index is 13.0. The minimum Gasteiger partial charge on any atom is -0.466 e. The predicted molar refractivity (Wildman–Crippen MR) is 118 cm³/mol. The van der Waals surface area contributed by atoms with Gasteiger partial charge < -0.3 is 14.8 Å². The summed E-state index contributed by atoms with van der Waals surface area (Å²) in [4.78, 5) is 14.8. The number of hydrogen-bond acceptors (Lipinski definition) is 4. The summed E-state index contributed by atoms with van der Waals surface area (Å²) in [6, 6.07) is 9.98. The molecule has 0 saturated carbocycles. The van der Waals surface area contributed by atoms with Crippen LogP contribution in [0.4, 0.5) is 5.69 Å². The van der Waals surface area contributed by atoms with E-state index in [-0.39, 0.29) is 6.61 Å². The molecule has 0 spiro atoms. The van der Waals surface area contributed by atoms with Gasteiger partial charge in [-0.05, 0) is 56.4 Å². The molecule has 9 heteroatoms. The molecule has 0 radical (unpaired) electrons. The van der Waals surface area contributed by atoms with Gasteiger partial charge in [-0.25, -0.2) is 0 Å². The molecule has 1 N–H and O–H groups in total. The third-order valence-electron chi connectivity index (χ3n) is 5.12. The van der Waals surface area contributed by atoms with E-state index in [1.807, 2.05) is 6.07 Å². The smallest absolute Gasteiger partial charge is 0.317 e. The molecule has 152 valence electrons. The highest BCUT2D eigenvalue weighted by Gasteiger charge is 2.60. The normalized spacial score (nSPS) is 25.0. The topological polar surface area (TPSA) is 50.8 Å². The summed E-state index contributed by atoms with van der Waals surface area (Å²) in [5.41, 5.74) is 0.138. The zero-order valence-electron chi connectivity index (χ0n) is 15.5. The lowest BCUT2D eigenvalue weighted by atomic mass is 9.79. The van der Waals surface area contributed by atoms with Gasteiger partial charge in [-0.3, -0.25) is 9.69 Å². The molecule has 0 aliphatic carbocycles. The Labute approximate surface area is 188 Å². The van der Waals surface area contributed by atoms with Crippen molar-refractivity contribution in [3.8, 4) is 5.75 Å². The molecule has 5 nitrogen and oxygen atoms in total. The summed E-state index contributed by atoms with van der Waals surface area (Å²) < 4.78 is 11.8. The maximum atomic E-state index is 13.0. The van der Waals surface area contributed by atoms with Crippen LogP contribution in [0, 0.1) is 5.92 Å². The fraction of sp³-hybridized carbons (Fsp3) is 0.300. The molecule has 0 unspecified atom stereocenters. The number of nitrogens with one attached hydrogen (secondary N) is 1. The number of benzene rings is 2. The number of nitrogens with zero attached hydrogens (tertiary/aromatic N) is 1. The highest BCUT2D eigenvalue weighted by Crippen LogP contribution is 2.52. The van der Waals surface area contributed by atoms with E-state index < -0.39 is 23.7 Å². The largest absolute Gasteiger partial charge is 0.466 e. The predicted octanol–water partition coefficient (Wildman–Crippen LogP) is 5.37. The van der Waals surface area contributed by atoms with Crippen molar-refractivity contribution in [3.63, 3.8) is 0 Å². The van der Waals surface area contributed by atoms with Crippen LogP contribution in [0.15, 0.2) is 36.4 Å². The van der Waals surface area contributed by atoms with Crippen molar-refractivity contribution in [1.82, 2.24) is 5.32 Å². The van der Waals surface area contributed by atoms with E-state index in [9.17, 15) is 4.79 Å². The number of carbonyl (C=O) groups excluding carboxylic acids is 1. The second kappa shape index (κ2) is 7.51. The molecule has 0 aromatic heterocycles. The van der Waals surface area contributed by atoms with Crippen molar-refractivity contribution in [2.75, 3.05) is 11.5 Å². The number of halogens is 3. The number of anilines is 1. The molecule has 2 aromatic carbocycles. The molecular formula is C20H17Cl3N2O3S. The first kappa shape index (κ1) is 20.5. The Kier molecular flexibility index (Phi) is 5.32. The molecule has 2 aliphatic rings. The Morgan fingerprint density at radius 1 is 1.28 bits per heavy atom. The van der Waals surface area contributed by atoms with Crippen LogP contribution in [0.1, 0.15) is 25.5 Å². The Hall–Kier alpha value is -1.73. The summed E-state index contributed by atoms with van der Waals surface area (Å²) >= 11 is 24.5. The number of carbonyl (C=O) groups is 1. The van der Waals surface area contributed by atoms with E-state index in [0.717, 1.165) is 0 Å². The first-order valence-corrected chi connectivity index (χ1v) is 10.5. The number of fused-ring (bicyclic) bond motifs is 4. The van der Waals surface area contributed by atoms with Crippen molar-refractivity contribution in [3.05, 3.63) is 57.0 Å². The van der Waals surface area contributed by atoms with Crippen molar-refractivity contribution >= 4 is 63.8 Å². The van der Waals surface area contributed by atoms with E-state index in [4.69, 9.17) is 56.5 Å². The van der Waals surface area contributed by atoms with Crippen molar-refractivity contribution in [2.45, 2.75) is 25.6 Å². The number of esters is 1. The van der Waals surface area contributed by atoms with Gasteiger partial charge in [0.05, 0.1) is 17.7 Å². The van der Waals surface area contributed by atoms with Crippen molar-refractivity contribution in [2.24, 2.45) is 5.92 Å². The van der Waals surface area contributed by atoms with Crippen LogP contribution in [0.3, 0.4) is 0 Å². The third kappa shape index (κ3) is 3.32. The second-order valence-corrected chi connectivity index (χ2v) is 8.60. The Balaban J connectivity index is 1.93. The van der Waals surface area contributed by atoms with Crippen LogP contribution in [0.2, 0.25) is 15.1 Å². The maximum Gasteiger partial charge on any atom is 0.317 e. The van der Waals surface area contributed by atoms with Crippen LogP contribution in [0.25, 0.3) is 0 Å². The first-order chi connectivity index (χ1) is 13.8. The quantitative estimate of drug-likeness (QED) is 0.480. The van der Waals surface area contributed by atoms with Crippen LogP contribution in [-0.2, 0) is 9.53 Å². The average Bonchev–Trinajstić information content (AvgIpc) is 2.62. The van der Waals surface area contributed by atoms with Gasteiger partial charge in [0, 0.05) is 21.3 Å². The summed E-state index contributed by atoms with van der Waals surface area (Å²) in [5, 5.41) is 4.97. The summed E-state index contributed by atoms with van der Waals surface area (Å²) in [7, 11) is 0. The number of hydrogen-bond donors (Lipinski definition) is 1. The Morgan fingerprint density at radius 3 is 2.72 bits per heavy atom. The van der Waals surface area contributed by atoms with Gasteiger partial charge in [0.15, 0.2) is 5.11 Å². The lowest BCUT2D eigenvalue weighted by Gasteiger charge is -2.55. The SMILES string of the molecule is CCOC(=O)[C@H]1[C@H]2NC(=S)N(c3cccc(Cl)c3)[C@@]1(C)Oc1c(Cl)cc(Cl)cc12. The zero-order chi connectivity index (χ0) is 20.9. The van der Waals surface area contributed by atoms with Gasteiger partial charge in [0.2, 0.25) is 5.72 Å². The van der Waals surface area contributed by atoms with E-state index in [2.05, 4.69) is 5.32 Å². The number of thiocarbonyl (C=S) groups is 1. The van der Waals surface area contributed by atoms with Crippen molar-refractivity contribution < 1.29 is 14.3 Å². The van der Waals surface area contributed by atoms with Crippen LogP contribution >= 0.6 is 47.0 Å². The summed E-state index contributed by atoms with van der Waals surface area (Å²) in [6.45, 7) is 3.79. The second-order valence-electron chi connectivity index (χ2n) is 6.93. The fourth-order valence-corrected chi connectivity index (χ4v) is 5.14. The molecular weight excluding hydrogens is 455 g/mol. The van der Waals surface area contributed by atoms with Gasteiger partial charge >= 0.3 is 5.97 Å². The van der Waals surface area contributed by atoms with E-state index >= 15 is 0 Å². The molecule has 2 heterocycles. The summed E-state index contributed by atoms with van der Waals surface area (Å²) in [5.74, 6) is -0.704. The van der Waals surface area contributed by atoms with Gasteiger partial charge in [0.1, 0.15) is 11.7 Å². The van der Waals surface area contributed by atoms with Crippen LogP contribution in [-0.4, -0.2) is 23.4 Å². The zero-order valence-corrected chi connectivity index (χ0v) is 18.6. The molecule has 1 fully saturated rings. The van der Waals surface area contributed by atoms with Crippen LogP contribution in [0.5, 0.6) is 5.75 Å². The molecule has 29 heavy (non-hydrogen) atoms. The summed E-state index contributed by atoms with van der Waals surface area (Å²) in [6.07, 6.45) is 0. The standard InChI is InChI=1S/C20H17Cl3N2O3S/c1-3-27-18(26)15-16-13-8-11(22)9-14(23)17(13)28-20(15,2)25(19(29)24-16)12-6-4-5-10(21)7-12/h4-9,15-16H,3H2,1-2H3,(H,24,29)/t15-,16+,20+/m1/s1. The average molecular weight is 472 g/mol. The van der Waals surface area contributed by atoms with Gasteiger partial charge in [-0.1, -0.05) is 40.9 Å². The molecule has 2 bridgehead atoms. The van der Waals surface area contributed by atoms with Gasteiger partial charge in [-0.15, -0.1) is 0 Å². The molecule has 4 rings (SSSR count). The molecule has 2 aromatic rings. The molecule has 2 aliphatic heterocycles. The van der Waals surface area contributed by atoms with E-state index in [0.29, 0.717) is 37.2 Å². The highest BCUT2D eigenvalue weighted by molar-refractivity contribution is 7.80. The number of ether oxygens (including phenoxy) is 2. The molecule has 0 amide bonds. The lowest BCUT2D eigenvalue weighted by Crippen LogP contribution is -2.71. The molecule has 3 atom stereocenters. The van der Waals surface area contributed by atoms with E-state index in [1.165, 1.54) is 0 Å². The fourth-order valence-electron chi connectivity index (χ4n) is 4.00. The first-order valence-electron chi connectivity index (χ1n) is 8.97. The Bertz CT molecular complexity index is 1020. The van der Waals surface area contributed by atoms with Gasteiger partial charge in [0.25, 0.3) is 0 Å². The third-order valence-corrected chi connectivity index (χ3v) is 6.16. The Morgan fingerprint density at radius 2 is 2.03 bits per heavy atom. The minimum atomic E-state index is -1.20. The van der Waals surface area contributed by atoms with Gasteiger partial charge in [-0.2, -0.15) is 0 Å². The van der Waals surface area contributed by atoms with E-state index in [1.54, 1.807) is 49.1 Å². The molecule has 1 saturated heterocycles. The highest BCUT2D eigenvalue weighted by atomic mass is 35.5. The number of rotatable bonds is 3. The minimum absolute atomic E-state index is 0.239. The lowest BCUT2D eigenvalue weighted by molar-refractivity contribution is -0.159. The monoisotopic (exact) mass is 470 g/mol. The van der Waals surface area contributed by atoms with Crippen LogP contribution < -0.4 is 15.0 Å². The van der Waals surface area contributed by atoms with Crippen molar-refractivity contribution in [1.29, 1.82) is 0 Å².